The van der Waals surface area contributed by atoms with Crippen LogP contribution in [0.15, 0.2) is 0 Å². The van der Waals surface area contributed by atoms with Gasteiger partial charge in [0.2, 0.25) is 11.8 Å². The van der Waals surface area contributed by atoms with Crippen LogP contribution in [0.4, 0.5) is 0 Å². The molecular formula is C11H21N3O3. The molecule has 1 aliphatic rings. The smallest absolute Gasteiger partial charge is 0.240 e. The third kappa shape index (κ3) is 3.67. The summed E-state index contributed by atoms with van der Waals surface area (Å²) in [5.41, 5.74) is 10.7. The fraction of sp³-hybridized carbons (Fsp3) is 0.818. The zero-order chi connectivity index (χ0) is 13.0. The van der Waals surface area contributed by atoms with E-state index in [0.29, 0.717) is 6.54 Å². The topological polar surface area (TPSA) is 98.7 Å². The lowest BCUT2D eigenvalue weighted by atomic mass is 9.99. The molecule has 3 atom stereocenters. The molecule has 1 heterocycles. The average molecular weight is 243 g/mol. The molecule has 6 heteroatoms. The van der Waals surface area contributed by atoms with Crippen molar-refractivity contribution in [1.82, 2.24) is 4.90 Å². The largest absolute Gasteiger partial charge is 0.381 e. The summed E-state index contributed by atoms with van der Waals surface area (Å²) in [6.45, 7) is 2.57. The molecule has 1 fully saturated rings. The van der Waals surface area contributed by atoms with Gasteiger partial charge in [0, 0.05) is 19.7 Å². The van der Waals surface area contributed by atoms with E-state index in [1.165, 1.54) is 0 Å². The van der Waals surface area contributed by atoms with E-state index in [1.54, 1.807) is 12.0 Å². The van der Waals surface area contributed by atoms with E-state index >= 15 is 0 Å². The number of nitrogens with zero attached hydrogens (tertiary/aromatic N) is 1. The Balaban J connectivity index is 2.55. The first kappa shape index (κ1) is 13.9. The quantitative estimate of drug-likeness (QED) is 0.676. The molecule has 4 N–H and O–H groups in total. The molecule has 0 bridgehead atoms. The van der Waals surface area contributed by atoms with Crippen LogP contribution in [-0.2, 0) is 14.3 Å². The van der Waals surface area contributed by atoms with E-state index < -0.39 is 11.9 Å². The molecule has 1 aliphatic heterocycles. The van der Waals surface area contributed by atoms with Crippen LogP contribution < -0.4 is 11.5 Å². The van der Waals surface area contributed by atoms with Gasteiger partial charge < -0.3 is 21.1 Å². The Bertz CT molecular complexity index is 296. The van der Waals surface area contributed by atoms with Crippen LogP contribution in [0.3, 0.4) is 0 Å². The SMILES string of the molecule is COC1CCN(C(=O)C(N)CC(N)=O)C(C)C1. The van der Waals surface area contributed by atoms with Gasteiger partial charge in [0.05, 0.1) is 18.6 Å². The molecule has 3 unspecified atom stereocenters. The average Bonchev–Trinajstić information content (AvgIpc) is 2.27. The van der Waals surface area contributed by atoms with Crippen molar-refractivity contribution in [2.75, 3.05) is 13.7 Å². The maximum Gasteiger partial charge on any atom is 0.240 e. The molecule has 0 aliphatic carbocycles. The van der Waals surface area contributed by atoms with Gasteiger partial charge in [0.25, 0.3) is 0 Å². The zero-order valence-corrected chi connectivity index (χ0v) is 10.4. The second-order valence-electron chi connectivity index (χ2n) is 4.54. The van der Waals surface area contributed by atoms with Crippen molar-refractivity contribution in [2.45, 2.75) is 44.4 Å². The van der Waals surface area contributed by atoms with Crippen molar-refractivity contribution >= 4 is 11.8 Å². The van der Waals surface area contributed by atoms with Crippen LogP contribution in [0.1, 0.15) is 26.2 Å². The van der Waals surface area contributed by atoms with Crippen molar-refractivity contribution < 1.29 is 14.3 Å². The normalized spacial score (nSPS) is 26.6. The Morgan fingerprint density at radius 2 is 2.18 bits per heavy atom. The number of amides is 2. The van der Waals surface area contributed by atoms with Crippen molar-refractivity contribution in [2.24, 2.45) is 11.5 Å². The van der Waals surface area contributed by atoms with Crippen LogP contribution in [0.5, 0.6) is 0 Å². The number of primary amides is 1. The summed E-state index contributed by atoms with van der Waals surface area (Å²) in [5, 5.41) is 0. The summed E-state index contributed by atoms with van der Waals surface area (Å²) in [6, 6.07) is -0.742. The van der Waals surface area contributed by atoms with Gasteiger partial charge in [-0.25, -0.2) is 0 Å². The maximum absolute atomic E-state index is 12.0. The molecule has 6 nitrogen and oxygen atoms in total. The van der Waals surface area contributed by atoms with E-state index in [2.05, 4.69) is 0 Å². The zero-order valence-electron chi connectivity index (χ0n) is 10.4. The van der Waals surface area contributed by atoms with Gasteiger partial charge in [0.15, 0.2) is 0 Å². The minimum atomic E-state index is -0.825. The first-order valence-electron chi connectivity index (χ1n) is 5.82. The van der Waals surface area contributed by atoms with Gasteiger partial charge in [-0.1, -0.05) is 0 Å². The number of carbonyl (C=O) groups is 2. The Kier molecular flexibility index (Phi) is 4.89. The molecule has 0 spiro atoms. The maximum atomic E-state index is 12.0. The highest BCUT2D eigenvalue weighted by atomic mass is 16.5. The minimum absolute atomic E-state index is 0.0835. The molecule has 17 heavy (non-hydrogen) atoms. The number of likely N-dealkylation sites (tertiary alicyclic amines) is 1. The van der Waals surface area contributed by atoms with Gasteiger partial charge in [-0.3, -0.25) is 9.59 Å². The molecule has 0 aromatic carbocycles. The van der Waals surface area contributed by atoms with Gasteiger partial charge in [-0.15, -0.1) is 0 Å². The second-order valence-corrected chi connectivity index (χ2v) is 4.54. The minimum Gasteiger partial charge on any atom is -0.381 e. The summed E-state index contributed by atoms with van der Waals surface area (Å²) >= 11 is 0. The molecule has 0 radical (unpaired) electrons. The lowest BCUT2D eigenvalue weighted by Gasteiger charge is -2.38. The third-order valence-electron chi connectivity index (χ3n) is 3.18. The van der Waals surface area contributed by atoms with E-state index in [0.717, 1.165) is 12.8 Å². The summed E-state index contributed by atoms with van der Waals surface area (Å²) in [5.74, 6) is -0.754. The van der Waals surface area contributed by atoms with Crippen LogP contribution >= 0.6 is 0 Å². The van der Waals surface area contributed by atoms with Crippen molar-refractivity contribution in [3.63, 3.8) is 0 Å². The molecule has 1 saturated heterocycles. The summed E-state index contributed by atoms with van der Waals surface area (Å²) in [7, 11) is 1.67. The first-order valence-corrected chi connectivity index (χ1v) is 5.82. The second kappa shape index (κ2) is 5.97. The molecule has 1 rings (SSSR count). The predicted octanol–water partition coefficient (Wildman–Crippen LogP) is -0.785. The number of hydrogen-bond donors (Lipinski definition) is 2. The summed E-state index contributed by atoms with van der Waals surface area (Å²) in [4.78, 5) is 24.4. The molecular weight excluding hydrogens is 222 g/mol. The summed E-state index contributed by atoms with van der Waals surface area (Å²) < 4.78 is 5.27. The van der Waals surface area contributed by atoms with Crippen LogP contribution in [0.25, 0.3) is 0 Å². The molecule has 98 valence electrons. The fourth-order valence-corrected chi connectivity index (χ4v) is 2.19. The van der Waals surface area contributed by atoms with Gasteiger partial charge >= 0.3 is 0 Å². The Morgan fingerprint density at radius 1 is 1.53 bits per heavy atom. The van der Waals surface area contributed by atoms with Crippen molar-refractivity contribution in [3.8, 4) is 0 Å². The Morgan fingerprint density at radius 3 is 2.65 bits per heavy atom. The van der Waals surface area contributed by atoms with E-state index in [-0.39, 0.29) is 24.5 Å². The fourth-order valence-electron chi connectivity index (χ4n) is 2.19. The van der Waals surface area contributed by atoms with Crippen LogP contribution in [0.2, 0.25) is 0 Å². The lowest BCUT2D eigenvalue weighted by molar-refractivity contribution is -0.139. The molecule has 0 aromatic rings. The number of methoxy groups -OCH3 is 1. The number of nitrogens with two attached hydrogens (primary N) is 2. The summed E-state index contributed by atoms with van der Waals surface area (Å²) in [6.07, 6.45) is 1.69. The molecule has 0 saturated carbocycles. The number of hydrogen-bond acceptors (Lipinski definition) is 4. The standard InChI is InChI=1S/C11H21N3O3/c1-7-5-8(17-2)3-4-14(7)11(16)9(12)6-10(13)15/h7-9H,3-6,12H2,1-2H3,(H2,13,15). The van der Waals surface area contributed by atoms with E-state index in [9.17, 15) is 9.59 Å². The van der Waals surface area contributed by atoms with Crippen LogP contribution in [0, 0.1) is 0 Å². The molecule has 2 amide bonds. The Hall–Kier alpha value is -1.14. The number of carbonyl (C=O) groups excluding carboxylic acids is 2. The van der Waals surface area contributed by atoms with E-state index in [4.69, 9.17) is 16.2 Å². The predicted molar refractivity (Wildman–Crippen MR) is 63.0 cm³/mol. The van der Waals surface area contributed by atoms with Gasteiger partial charge in [0.1, 0.15) is 0 Å². The van der Waals surface area contributed by atoms with Crippen molar-refractivity contribution in [1.29, 1.82) is 0 Å². The Labute approximate surface area is 101 Å². The van der Waals surface area contributed by atoms with Gasteiger partial charge in [-0.05, 0) is 19.8 Å². The highest BCUT2D eigenvalue weighted by Gasteiger charge is 2.31. The van der Waals surface area contributed by atoms with Crippen molar-refractivity contribution in [3.05, 3.63) is 0 Å². The molecule has 0 aromatic heterocycles. The number of ether oxygens (including phenoxy) is 1. The third-order valence-corrected chi connectivity index (χ3v) is 3.18. The lowest BCUT2D eigenvalue weighted by Crippen LogP contribution is -2.53. The van der Waals surface area contributed by atoms with Crippen LogP contribution in [-0.4, -0.2) is 48.6 Å². The highest BCUT2D eigenvalue weighted by Crippen LogP contribution is 2.20. The van der Waals surface area contributed by atoms with E-state index in [1.807, 2.05) is 6.92 Å². The van der Waals surface area contributed by atoms with Gasteiger partial charge in [-0.2, -0.15) is 0 Å². The first-order chi connectivity index (χ1) is 7.95. The number of piperidine rings is 1. The number of rotatable bonds is 4. The monoisotopic (exact) mass is 243 g/mol. The highest BCUT2D eigenvalue weighted by molar-refractivity contribution is 5.87.